The van der Waals surface area contributed by atoms with E-state index in [4.69, 9.17) is 5.11 Å². The first-order chi connectivity index (χ1) is 8.99. The number of hydrogen-bond donors (Lipinski definition) is 2. The van der Waals surface area contributed by atoms with E-state index in [1.807, 2.05) is 0 Å². The summed E-state index contributed by atoms with van der Waals surface area (Å²) in [6, 6.07) is 6.02. The summed E-state index contributed by atoms with van der Waals surface area (Å²) in [5, 5.41) is 11.6. The molecule has 1 heterocycles. The Labute approximate surface area is 112 Å². The lowest BCUT2D eigenvalue weighted by atomic mass is 10.1. The molecule has 0 saturated carbocycles. The highest BCUT2D eigenvalue weighted by Crippen LogP contribution is 2.18. The van der Waals surface area contributed by atoms with Crippen molar-refractivity contribution >= 4 is 15.8 Å². The summed E-state index contributed by atoms with van der Waals surface area (Å²) in [6.45, 7) is 1.48. The van der Waals surface area contributed by atoms with Gasteiger partial charge in [-0.1, -0.05) is 12.1 Å². The van der Waals surface area contributed by atoms with Gasteiger partial charge in [0.2, 0.25) is 0 Å². The molecule has 0 aromatic heterocycles. The molecule has 1 aliphatic heterocycles. The molecule has 0 radical (unpaired) electrons. The average molecular weight is 283 g/mol. The minimum Gasteiger partial charge on any atom is -0.478 e. The van der Waals surface area contributed by atoms with E-state index in [-0.39, 0.29) is 16.6 Å². The van der Waals surface area contributed by atoms with Gasteiger partial charge in [-0.25, -0.2) is 13.2 Å². The van der Waals surface area contributed by atoms with Gasteiger partial charge >= 0.3 is 5.97 Å². The van der Waals surface area contributed by atoms with Crippen LogP contribution in [0.2, 0.25) is 0 Å². The Kier molecular flexibility index (Phi) is 4.21. The average Bonchev–Trinajstić information content (AvgIpc) is 2.40. The van der Waals surface area contributed by atoms with E-state index in [0.29, 0.717) is 18.4 Å². The van der Waals surface area contributed by atoms with E-state index < -0.39 is 15.8 Å². The number of hydrogen-bond acceptors (Lipinski definition) is 4. The predicted octanol–water partition coefficient (Wildman–Crippen LogP) is 1.05. The molecule has 5 nitrogen and oxygen atoms in total. The Bertz CT molecular complexity index is 545. The molecule has 0 aliphatic carbocycles. The van der Waals surface area contributed by atoms with Crippen LogP contribution in [0.1, 0.15) is 28.8 Å². The third-order valence-corrected chi connectivity index (χ3v) is 5.59. The van der Waals surface area contributed by atoms with Crippen LogP contribution in [0.4, 0.5) is 0 Å². The van der Waals surface area contributed by atoms with Crippen LogP contribution in [0, 0.1) is 0 Å². The second kappa shape index (κ2) is 5.71. The van der Waals surface area contributed by atoms with Gasteiger partial charge in [0.1, 0.15) is 0 Å². The molecular formula is C13H17NO4S. The van der Waals surface area contributed by atoms with Gasteiger partial charge in [0, 0.05) is 0 Å². The Morgan fingerprint density at radius 3 is 2.32 bits per heavy atom. The normalized spacial score (nSPS) is 17.3. The second-order valence-corrected chi connectivity index (χ2v) is 7.04. The monoisotopic (exact) mass is 283 g/mol. The maximum Gasteiger partial charge on any atom is 0.335 e. The highest BCUT2D eigenvalue weighted by molar-refractivity contribution is 7.91. The lowest BCUT2D eigenvalue weighted by Gasteiger charge is -2.22. The third-order valence-electron chi connectivity index (χ3n) is 3.36. The van der Waals surface area contributed by atoms with Gasteiger partial charge in [0.15, 0.2) is 9.84 Å². The molecule has 0 amide bonds. The lowest BCUT2D eigenvalue weighted by molar-refractivity contribution is 0.0697. The number of carbonyl (C=O) groups is 1. The van der Waals surface area contributed by atoms with Crippen LogP contribution >= 0.6 is 0 Å². The van der Waals surface area contributed by atoms with Crippen molar-refractivity contribution in [2.75, 3.05) is 13.1 Å². The molecule has 1 aliphatic rings. The number of carboxylic acids is 1. The zero-order valence-corrected chi connectivity index (χ0v) is 11.3. The maximum absolute atomic E-state index is 12.2. The molecule has 0 atom stereocenters. The van der Waals surface area contributed by atoms with E-state index in [1.165, 1.54) is 12.1 Å². The van der Waals surface area contributed by atoms with E-state index in [9.17, 15) is 13.2 Å². The number of rotatable bonds is 4. The first-order valence-corrected chi connectivity index (χ1v) is 7.95. The number of aromatic carboxylic acids is 1. The van der Waals surface area contributed by atoms with Crippen molar-refractivity contribution < 1.29 is 18.3 Å². The summed E-state index contributed by atoms with van der Waals surface area (Å²) in [4.78, 5) is 10.7. The third kappa shape index (κ3) is 3.54. The fourth-order valence-corrected chi connectivity index (χ4v) is 4.09. The van der Waals surface area contributed by atoms with Crippen LogP contribution in [0.15, 0.2) is 24.3 Å². The van der Waals surface area contributed by atoms with E-state index >= 15 is 0 Å². The van der Waals surface area contributed by atoms with Gasteiger partial charge in [-0.05, 0) is 43.6 Å². The molecular weight excluding hydrogens is 266 g/mol. The van der Waals surface area contributed by atoms with Crippen LogP contribution in [-0.4, -0.2) is 37.8 Å². The van der Waals surface area contributed by atoms with Crippen molar-refractivity contribution in [2.24, 2.45) is 0 Å². The van der Waals surface area contributed by atoms with Crippen molar-refractivity contribution in [3.8, 4) is 0 Å². The number of benzene rings is 1. The van der Waals surface area contributed by atoms with Gasteiger partial charge in [-0.15, -0.1) is 0 Å². The van der Waals surface area contributed by atoms with Crippen LogP contribution < -0.4 is 5.32 Å². The molecule has 19 heavy (non-hydrogen) atoms. The Morgan fingerprint density at radius 1 is 1.21 bits per heavy atom. The van der Waals surface area contributed by atoms with Crippen LogP contribution in [0.25, 0.3) is 0 Å². The van der Waals surface area contributed by atoms with Crippen molar-refractivity contribution in [3.05, 3.63) is 35.4 Å². The van der Waals surface area contributed by atoms with Crippen LogP contribution in [0.3, 0.4) is 0 Å². The molecule has 0 spiro atoms. The predicted molar refractivity (Wildman–Crippen MR) is 71.9 cm³/mol. The second-order valence-electron chi connectivity index (χ2n) is 4.76. The molecule has 104 valence electrons. The molecule has 2 N–H and O–H groups in total. The first-order valence-electron chi connectivity index (χ1n) is 6.23. The molecule has 0 unspecified atom stereocenters. The van der Waals surface area contributed by atoms with Crippen molar-refractivity contribution in [3.63, 3.8) is 0 Å². The summed E-state index contributed by atoms with van der Waals surface area (Å²) >= 11 is 0. The molecule has 1 aromatic rings. The Hall–Kier alpha value is -1.40. The van der Waals surface area contributed by atoms with Gasteiger partial charge in [-0.2, -0.15) is 0 Å². The standard InChI is InChI=1S/C13H17NO4S/c15-13(16)11-3-1-10(2-4-11)9-19(17,18)12-5-7-14-8-6-12/h1-4,12,14H,5-9H2,(H,15,16). The fourth-order valence-electron chi connectivity index (χ4n) is 2.25. The molecule has 1 saturated heterocycles. The van der Waals surface area contributed by atoms with E-state index in [2.05, 4.69) is 5.32 Å². The highest BCUT2D eigenvalue weighted by atomic mass is 32.2. The van der Waals surface area contributed by atoms with Gasteiger partial charge in [0.25, 0.3) is 0 Å². The summed E-state index contributed by atoms with van der Waals surface area (Å²) in [5.74, 6) is -1.02. The number of nitrogens with one attached hydrogen (secondary N) is 1. The maximum atomic E-state index is 12.2. The smallest absolute Gasteiger partial charge is 0.335 e. The van der Waals surface area contributed by atoms with Gasteiger partial charge in [0.05, 0.1) is 16.6 Å². The molecule has 6 heteroatoms. The van der Waals surface area contributed by atoms with E-state index in [0.717, 1.165) is 13.1 Å². The largest absolute Gasteiger partial charge is 0.478 e. The molecule has 0 bridgehead atoms. The molecule has 2 rings (SSSR count). The summed E-state index contributed by atoms with van der Waals surface area (Å²) in [7, 11) is -3.16. The molecule has 1 fully saturated rings. The van der Waals surface area contributed by atoms with Crippen molar-refractivity contribution in [1.82, 2.24) is 5.32 Å². The van der Waals surface area contributed by atoms with Gasteiger partial charge in [-0.3, -0.25) is 0 Å². The molecule has 1 aromatic carbocycles. The lowest BCUT2D eigenvalue weighted by Crippen LogP contribution is -2.36. The fraction of sp³-hybridized carbons (Fsp3) is 0.462. The van der Waals surface area contributed by atoms with Crippen LogP contribution in [-0.2, 0) is 15.6 Å². The zero-order chi connectivity index (χ0) is 13.9. The summed E-state index contributed by atoms with van der Waals surface area (Å²) < 4.78 is 24.5. The Balaban J connectivity index is 2.09. The highest BCUT2D eigenvalue weighted by Gasteiger charge is 2.27. The van der Waals surface area contributed by atoms with Crippen LogP contribution in [0.5, 0.6) is 0 Å². The number of carboxylic acid groups (broad SMARTS) is 1. The van der Waals surface area contributed by atoms with Gasteiger partial charge < -0.3 is 10.4 Å². The van der Waals surface area contributed by atoms with E-state index in [1.54, 1.807) is 12.1 Å². The Morgan fingerprint density at radius 2 is 1.79 bits per heavy atom. The minimum absolute atomic E-state index is 0.0163. The minimum atomic E-state index is -3.16. The topological polar surface area (TPSA) is 83.5 Å². The summed E-state index contributed by atoms with van der Waals surface area (Å²) in [5.41, 5.74) is 0.812. The number of piperidine rings is 1. The summed E-state index contributed by atoms with van der Waals surface area (Å²) in [6.07, 6.45) is 1.30. The first kappa shape index (κ1) is 14.0. The quantitative estimate of drug-likeness (QED) is 0.863. The zero-order valence-electron chi connectivity index (χ0n) is 10.5. The SMILES string of the molecule is O=C(O)c1ccc(CS(=O)(=O)C2CCNCC2)cc1. The van der Waals surface area contributed by atoms with Crippen molar-refractivity contribution in [2.45, 2.75) is 23.8 Å². The van der Waals surface area contributed by atoms with Crippen molar-refractivity contribution in [1.29, 1.82) is 0 Å². The number of sulfone groups is 1.